The summed E-state index contributed by atoms with van der Waals surface area (Å²) in [5, 5.41) is 0.746. The molecule has 1 saturated heterocycles. The third-order valence-electron chi connectivity index (χ3n) is 4.79. The molecular formula is C20H18FN3O2. The van der Waals surface area contributed by atoms with Gasteiger partial charge < -0.3 is 14.8 Å². The number of nitrogens with one attached hydrogen (secondary N) is 1. The van der Waals surface area contributed by atoms with Gasteiger partial charge in [-0.05, 0) is 18.2 Å². The topological polar surface area (TPSA) is 56.4 Å². The number of H-pyrrole nitrogens is 1. The van der Waals surface area contributed by atoms with Gasteiger partial charge in [-0.2, -0.15) is 0 Å². The first-order valence-electron chi connectivity index (χ1n) is 8.54. The van der Waals surface area contributed by atoms with Crippen molar-refractivity contribution in [3.63, 3.8) is 0 Å². The van der Waals surface area contributed by atoms with Crippen molar-refractivity contribution in [1.29, 1.82) is 0 Å². The van der Waals surface area contributed by atoms with Crippen LogP contribution < -0.4 is 4.90 Å². The lowest BCUT2D eigenvalue weighted by molar-refractivity contribution is -0.126. The van der Waals surface area contributed by atoms with E-state index < -0.39 is 11.7 Å². The summed E-state index contributed by atoms with van der Waals surface area (Å²) in [7, 11) is 0. The maximum absolute atomic E-state index is 13.9. The normalized spacial score (nSPS) is 14.7. The van der Waals surface area contributed by atoms with E-state index in [2.05, 4.69) is 4.98 Å². The highest BCUT2D eigenvalue weighted by atomic mass is 19.1. The van der Waals surface area contributed by atoms with Crippen LogP contribution in [0.5, 0.6) is 0 Å². The van der Waals surface area contributed by atoms with Crippen molar-refractivity contribution >= 4 is 28.3 Å². The highest BCUT2D eigenvalue weighted by Crippen LogP contribution is 2.22. The van der Waals surface area contributed by atoms with Crippen molar-refractivity contribution in [2.45, 2.75) is 0 Å². The van der Waals surface area contributed by atoms with Gasteiger partial charge in [-0.1, -0.05) is 30.3 Å². The minimum Gasteiger partial charge on any atom is -0.366 e. The SMILES string of the molecule is O=C(C(=O)N1CCN(c2ccccc2F)CC1)c1c[nH]c2ccccc12. The Morgan fingerprint density at radius 1 is 0.923 bits per heavy atom. The first kappa shape index (κ1) is 16.3. The number of rotatable bonds is 3. The Bertz CT molecular complexity index is 974. The molecule has 0 atom stereocenters. The maximum Gasteiger partial charge on any atom is 0.295 e. The van der Waals surface area contributed by atoms with Crippen molar-refractivity contribution in [3.05, 3.63) is 66.1 Å². The number of hydrogen-bond donors (Lipinski definition) is 1. The number of nitrogens with zero attached hydrogens (tertiary/aromatic N) is 2. The molecule has 1 amide bonds. The molecule has 0 spiro atoms. The van der Waals surface area contributed by atoms with Crippen molar-refractivity contribution in [3.8, 4) is 0 Å². The Labute approximate surface area is 150 Å². The van der Waals surface area contributed by atoms with Gasteiger partial charge in [0, 0.05) is 43.3 Å². The Morgan fingerprint density at radius 2 is 1.62 bits per heavy atom. The second-order valence-corrected chi connectivity index (χ2v) is 6.31. The van der Waals surface area contributed by atoms with Crippen LogP contribution >= 0.6 is 0 Å². The lowest BCUT2D eigenvalue weighted by Gasteiger charge is -2.35. The number of hydrogen-bond acceptors (Lipinski definition) is 3. The highest BCUT2D eigenvalue weighted by molar-refractivity contribution is 6.44. The Morgan fingerprint density at radius 3 is 2.38 bits per heavy atom. The molecule has 26 heavy (non-hydrogen) atoms. The monoisotopic (exact) mass is 351 g/mol. The van der Waals surface area contributed by atoms with E-state index in [1.165, 1.54) is 6.07 Å². The van der Waals surface area contributed by atoms with Gasteiger partial charge in [-0.15, -0.1) is 0 Å². The molecule has 4 rings (SSSR count). The zero-order valence-electron chi connectivity index (χ0n) is 14.1. The number of fused-ring (bicyclic) bond motifs is 1. The van der Waals surface area contributed by atoms with Crippen molar-refractivity contribution < 1.29 is 14.0 Å². The number of aromatic amines is 1. The molecule has 2 heterocycles. The summed E-state index contributed by atoms with van der Waals surface area (Å²) in [5.41, 5.74) is 1.75. The van der Waals surface area contributed by atoms with E-state index in [4.69, 9.17) is 0 Å². The molecule has 1 aliphatic rings. The molecule has 1 aliphatic heterocycles. The van der Waals surface area contributed by atoms with E-state index >= 15 is 0 Å². The molecule has 5 nitrogen and oxygen atoms in total. The summed E-state index contributed by atoms with van der Waals surface area (Å²) >= 11 is 0. The summed E-state index contributed by atoms with van der Waals surface area (Å²) in [5.74, 6) is -1.30. The van der Waals surface area contributed by atoms with Gasteiger partial charge in [0.15, 0.2) is 0 Å². The first-order valence-corrected chi connectivity index (χ1v) is 8.54. The zero-order valence-corrected chi connectivity index (χ0v) is 14.1. The van der Waals surface area contributed by atoms with Crippen LogP contribution in [0.15, 0.2) is 54.7 Å². The number of amides is 1. The van der Waals surface area contributed by atoms with E-state index in [9.17, 15) is 14.0 Å². The molecule has 0 unspecified atom stereocenters. The largest absolute Gasteiger partial charge is 0.366 e. The third-order valence-corrected chi connectivity index (χ3v) is 4.79. The lowest BCUT2D eigenvalue weighted by atomic mass is 10.1. The fourth-order valence-electron chi connectivity index (χ4n) is 3.38. The molecule has 0 radical (unpaired) electrons. The van der Waals surface area contributed by atoms with Crippen LogP contribution in [-0.4, -0.2) is 47.8 Å². The summed E-state index contributed by atoms with van der Waals surface area (Å²) < 4.78 is 13.9. The molecule has 1 N–H and O–H groups in total. The van der Waals surface area contributed by atoms with Gasteiger partial charge in [0.25, 0.3) is 11.7 Å². The predicted octanol–water partition coefficient (Wildman–Crippen LogP) is 2.84. The van der Waals surface area contributed by atoms with Crippen LogP contribution in [0, 0.1) is 5.82 Å². The smallest absolute Gasteiger partial charge is 0.295 e. The van der Waals surface area contributed by atoms with Crippen LogP contribution in [0.25, 0.3) is 10.9 Å². The number of anilines is 1. The quantitative estimate of drug-likeness (QED) is 0.583. The van der Waals surface area contributed by atoms with Gasteiger partial charge in [0.1, 0.15) is 5.82 Å². The predicted molar refractivity (Wildman–Crippen MR) is 97.8 cm³/mol. The minimum atomic E-state index is -0.512. The minimum absolute atomic E-state index is 0.276. The van der Waals surface area contributed by atoms with E-state index in [-0.39, 0.29) is 5.82 Å². The highest BCUT2D eigenvalue weighted by Gasteiger charge is 2.28. The van der Waals surface area contributed by atoms with E-state index in [1.807, 2.05) is 29.2 Å². The number of benzene rings is 2. The van der Waals surface area contributed by atoms with E-state index in [0.29, 0.717) is 37.4 Å². The van der Waals surface area contributed by atoms with E-state index in [0.717, 1.165) is 10.9 Å². The number of piperazine rings is 1. The van der Waals surface area contributed by atoms with Gasteiger partial charge in [-0.25, -0.2) is 4.39 Å². The van der Waals surface area contributed by atoms with Crippen molar-refractivity contribution in [2.75, 3.05) is 31.1 Å². The van der Waals surface area contributed by atoms with Gasteiger partial charge >= 0.3 is 0 Å². The Hall–Kier alpha value is -3.15. The third kappa shape index (κ3) is 2.83. The number of Topliss-reactive ketones (excluding diaryl/α,β-unsaturated/α-hetero) is 1. The molecule has 1 aromatic heterocycles. The second kappa shape index (κ2) is 6.63. The number of halogens is 1. The first-order chi connectivity index (χ1) is 12.6. The molecule has 0 saturated carbocycles. The fourth-order valence-corrected chi connectivity index (χ4v) is 3.38. The number of carbonyl (C=O) groups excluding carboxylic acids is 2. The van der Waals surface area contributed by atoms with Crippen molar-refractivity contribution in [1.82, 2.24) is 9.88 Å². The molecule has 1 fully saturated rings. The molecule has 0 aliphatic carbocycles. The van der Waals surface area contributed by atoms with Crippen LogP contribution in [0.3, 0.4) is 0 Å². The number of carbonyl (C=O) groups is 2. The fraction of sp³-hybridized carbons (Fsp3) is 0.200. The molecule has 6 heteroatoms. The second-order valence-electron chi connectivity index (χ2n) is 6.31. The van der Waals surface area contributed by atoms with Crippen LogP contribution in [0.1, 0.15) is 10.4 Å². The van der Waals surface area contributed by atoms with Crippen molar-refractivity contribution in [2.24, 2.45) is 0 Å². The Balaban J connectivity index is 1.47. The van der Waals surface area contributed by atoms with Gasteiger partial charge in [-0.3, -0.25) is 9.59 Å². The lowest BCUT2D eigenvalue weighted by Crippen LogP contribution is -2.50. The summed E-state index contributed by atoms with van der Waals surface area (Å²) in [6.45, 7) is 1.77. The van der Waals surface area contributed by atoms with Crippen LogP contribution in [-0.2, 0) is 4.79 Å². The van der Waals surface area contributed by atoms with Gasteiger partial charge in [0.05, 0.1) is 11.3 Å². The molecule has 3 aromatic rings. The number of aromatic nitrogens is 1. The number of ketones is 1. The van der Waals surface area contributed by atoms with E-state index in [1.54, 1.807) is 29.3 Å². The standard InChI is InChI=1S/C20H18FN3O2/c21-16-6-2-4-8-18(16)23-9-11-24(12-10-23)20(26)19(25)15-13-22-17-7-3-1-5-14(15)17/h1-8,13,22H,9-12H2. The molecular weight excluding hydrogens is 333 g/mol. The zero-order chi connectivity index (χ0) is 18.1. The average Bonchev–Trinajstić information content (AvgIpc) is 3.11. The summed E-state index contributed by atoms with van der Waals surface area (Å²) in [6, 6.07) is 14.0. The molecule has 2 aromatic carbocycles. The number of para-hydroxylation sites is 2. The van der Waals surface area contributed by atoms with Crippen LogP contribution in [0.2, 0.25) is 0 Å². The molecule has 132 valence electrons. The van der Waals surface area contributed by atoms with Gasteiger partial charge in [0.2, 0.25) is 0 Å². The Kier molecular flexibility index (Phi) is 4.16. The summed E-state index contributed by atoms with van der Waals surface area (Å²) in [4.78, 5) is 31.7. The molecule has 0 bridgehead atoms. The summed E-state index contributed by atoms with van der Waals surface area (Å²) in [6.07, 6.45) is 1.58. The maximum atomic E-state index is 13.9. The van der Waals surface area contributed by atoms with Crippen LogP contribution in [0.4, 0.5) is 10.1 Å². The average molecular weight is 351 g/mol.